The van der Waals surface area contributed by atoms with Gasteiger partial charge in [-0.05, 0) is 35.7 Å². The van der Waals surface area contributed by atoms with Gasteiger partial charge in [-0.3, -0.25) is 9.78 Å². The van der Waals surface area contributed by atoms with E-state index < -0.39 is 0 Å². The van der Waals surface area contributed by atoms with E-state index in [9.17, 15) is 4.79 Å². The number of benzene rings is 1. The van der Waals surface area contributed by atoms with Crippen LogP contribution in [0.5, 0.6) is 0 Å². The second kappa shape index (κ2) is 5.96. The topological polar surface area (TPSA) is 68.9 Å². The number of carbonyl (C=O) groups is 1. The van der Waals surface area contributed by atoms with Gasteiger partial charge in [-0.2, -0.15) is 4.98 Å². The van der Waals surface area contributed by atoms with E-state index in [1.807, 2.05) is 36.4 Å². The quantitative estimate of drug-likeness (QED) is 0.735. The summed E-state index contributed by atoms with van der Waals surface area (Å²) in [6.45, 7) is 0. The molecule has 2 aromatic heterocycles. The largest absolute Gasteiger partial charge is 0.333 e. The van der Waals surface area contributed by atoms with Crippen molar-refractivity contribution in [1.82, 2.24) is 15.1 Å². The van der Waals surface area contributed by atoms with E-state index >= 15 is 0 Å². The molecule has 2 heterocycles. The molecule has 0 N–H and O–H groups in total. The Morgan fingerprint density at radius 1 is 1.13 bits per heavy atom. The van der Waals surface area contributed by atoms with Gasteiger partial charge in [0.2, 0.25) is 5.16 Å². The van der Waals surface area contributed by atoms with Crippen molar-refractivity contribution in [1.29, 1.82) is 0 Å². The molecule has 0 saturated carbocycles. The Kier molecular flexibility index (Phi) is 3.67. The number of nitrogens with zero attached hydrogens (tertiary/aromatic N) is 3. The second-order valence-electron chi connectivity index (χ2n) is 5.28. The van der Waals surface area contributed by atoms with Crippen molar-refractivity contribution in [3.05, 3.63) is 59.9 Å². The molecule has 0 spiro atoms. The Labute approximate surface area is 137 Å². The van der Waals surface area contributed by atoms with Gasteiger partial charge >= 0.3 is 0 Å². The fourth-order valence-electron chi connectivity index (χ4n) is 2.68. The molecule has 0 fully saturated rings. The smallest absolute Gasteiger partial charge is 0.258 e. The molecule has 0 radical (unpaired) electrons. The molecule has 6 heteroatoms. The number of rotatable bonds is 3. The maximum atomic E-state index is 12.6. The molecule has 1 aliphatic rings. The van der Waals surface area contributed by atoms with Gasteiger partial charge in [0.05, 0.1) is 5.25 Å². The zero-order valence-electron chi connectivity index (χ0n) is 12.2. The van der Waals surface area contributed by atoms with Crippen LogP contribution in [0, 0.1) is 0 Å². The minimum atomic E-state index is -0.159. The van der Waals surface area contributed by atoms with Crippen molar-refractivity contribution in [2.24, 2.45) is 0 Å². The molecule has 3 aromatic rings. The van der Waals surface area contributed by atoms with Crippen molar-refractivity contribution in [2.45, 2.75) is 23.2 Å². The monoisotopic (exact) mass is 323 g/mol. The molecule has 0 bridgehead atoms. The van der Waals surface area contributed by atoms with E-state index in [1.54, 1.807) is 12.4 Å². The van der Waals surface area contributed by atoms with Gasteiger partial charge in [-0.1, -0.05) is 36.0 Å². The Morgan fingerprint density at radius 3 is 2.83 bits per heavy atom. The van der Waals surface area contributed by atoms with Crippen LogP contribution in [0.4, 0.5) is 0 Å². The van der Waals surface area contributed by atoms with Gasteiger partial charge in [-0.15, -0.1) is 0 Å². The number of aromatic nitrogens is 3. The number of hydrogen-bond donors (Lipinski definition) is 0. The molecular weight excluding hydrogens is 310 g/mol. The van der Waals surface area contributed by atoms with Crippen LogP contribution < -0.4 is 0 Å². The highest BCUT2D eigenvalue weighted by Crippen LogP contribution is 2.33. The summed E-state index contributed by atoms with van der Waals surface area (Å²) in [6.07, 6.45) is 5.04. The Balaban J connectivity index is 1.54. The van der Waals surface area contributed by atoms with Gasteiger partial charge in [-0.25, -0.2) is 0 Å². The molecule has 0 amide bonds. The van der Waals surface area contributed by atoms with Crippen molar-refractivity contribution >= 4 is 17.5 Å². The van der Waals surface area contributed by atoms with Gasteiger partial charge in [0, 0.05) is 23.5 Å². The maximum absolute atomic E-state index is 12.6. The first-order valence-electron chi connectivity index (χ1n) is 7.34. The number of carbonyl (C=O) groups excluding carboxylic acids is 1. The van der Waals surface area contributed by atoms with E-state index in [4.69, 9.17) is 4.52 Å². The summed E-state index contributed by atoms with van der Waals surface area (Å²) in [5.41, 5.74) is 2.76. The summed E-state index contributed by atoms with van der Waals surface area (Å²) < 4.78 is 5.28. The van der Waals surface area contributed by atoms with Crippen LogP contribution in [0.1, 0.15) is 22.3 Å². The summed E-state index contributed by atoms with van der Waals surface area (Å²) in [6, 6.07) is 11.4. The van der Waals surface area contributed by atoms with Crippen LogP contribution in [0.15, 0.2) is 58.5 Å². The normalized spacial score (nSPS) is 17.0. The Hall–Kier alpha value is -2.47. The average molecular weight is 323 g/mol. The third-order valence-corrected chi connectivity index (χ3v) is 4.94. The van der Waals surface area contributed by atoms with Crippen LogP contribution in [0.3, 0.4) is 0 Å². The van der Waals surface area contributed by atoms with Crippen LogP contribution >= 0.6 is 11.8 Å². The third kappa shape index (κ3) is 2.77. The zero-order valence-corrected chi connectivity index (χ0v) is 13.0. The first-order valence-corrected chi connectivity index (χ1v) is 8.22. The van der Waals surface area contributed by atoms with Gasteiger partial charge in [0.25, 0.3) is 5.89 Å². The number of fused-ring (bicyclic) bond motifs is 1. The van der Waals surface area contributed by atoms with Crippen LogP contribution in [0.2, 0.25) is 0 Å². The number of aryl methyl sites for hydroxylation is 1. The lowest BCUT2D eigenvalue weighted by Crippen LogP contribution is -2.24. The van der Waals surface area contributed by atoms with E-state index in [0.717, 1.165) is 29.5 Å². The molecule has 0 saturated heterocycles. The fourth-order valence-corrected chi connectivity index (χ4v) is 3.62. The van der Waals surface area contributed by atoms with Crippen LogP contribution in [-0.4, -0.2) is 26.2 Å². The lowest BCUT2D eigenvalue weighted by molar-refractivity contribution is 0.0979. The molecule has 1 aliphatic carbocycles. The number of hydrogen-bond acceptors (Lipinski definition) is 6. The maximum Gasteiger partial charge on any atom is 0.258 e. The van der Waals surface area contributed by atoms with Crippen molar-refractivity contribution in [3.8, 4) is 11.5 Å². The van der Waals surface area contributed by atoms with E-state index in [1.165, 1.54) is 11.8 Å². The molecule has 23 heavy (non-hydrogen) atoms. The van der Waals surface area contributed by atoms with E-state index in [-0.39, 0.29) is 11.0 Å². The lowest BCUT2D eigenvalue weighted by Gasteiger charge is -2.21. The highest BCUT2D eigenvalue weighted by atomic mass is 32.2. The van der Waals surface area contributed by atoms with Crippen molar-refractivity contribution in [2.75, 3.05) is 0 Å². The standard InChI is InChI=1S/C17H13N3O2S/c21-15-13-4-2-1-3-11(13)5-6-14(15)23-17-19-16(22-20-17)12-7-9-18-10-8-12/h1-4,7-10,14H,5-6H2/t14-/m0/s1. The number of Topliss-reactive ketones (excluding diaryl/α,β-unsaturated/α-hetero) is 1. The summed E-state index contributed by atoms with van der Waals surface area (Å²) in [7, 11) is 0. The van der Waals surface area contributed by atoms with E-state index in [0.29, 0.717) is 11.0 Å². The van der Waals surface area contributed by atoms with Crippen molar-refractivity contribution in [3.63, 3.8) is 0 Å². The highest BCUT2D eigenvalue weighted by molar-refractivity contribution is 8.00. The molecule has 0 aliphatic heterocycles. The summed E-state index contributed by atoms with van der Waals surface area (Å²) in [5.74, 6) is 0.589. The van der Waals surface area contributed by atoms with E-state index in [2.05, 4.69) is 15.1 Å². The van der Waals surface area contributed by atoms with Gasteiger partial charge in [0.15, 0.2) is 5.78 Å². The SMILES string of the molecule is O=C1c2ccccc2CC[C@@H]1Sc1noc(-c2ccncc2)n1. The minimum Gasteiger partial charge on any atom is -0.333 e. The minimum absolute atomic E-state index is 0.145. The predicted molar refractivity (Wildman–Crippen MR) is 86.3 cm³/mol. The van der Waals surface area contributed by atoms with Gasteiger partial charge in [0.1, 0.15) is 0 Å². The van der Waals surface area contributed by atoms with Crippen LogP contribution in [-0.2, 0) is 6.42 Å². The average Bonchev–Trinajstić information content (AvgIpc) is 3.07. The van der Waals surface area contributed by atoms with Crippen LogP contribution in [0.25, 0.3) is 11.5 Å². The number of thioether (sulfide) groups is 1. The Morgan fingerprint density at radius 2 is 1.96 bits per heavy atom. The summed E-state index contributed by atoms with van der Waals surface area (Å²) in [5, 5.41) is 4.32. The molecular formula is C17H13N3O2S. The zero-order chi connectivity index (χ0) is 15.6. The fraction of sp³-hybridized carbons (Fsp3) is 0.176. The number of ketones is 1. The first kappa shape index (κ1) is 14.1. The first-order chi connectivity index (χ1) is 11.3. The van der Waals surface area contributed by atoms with Crippen molar-refractivity contribution < 1.29 is 9.32 Å². The second-order valence-corrected chi connectivity index (χ2v) is 6.45. The predicted octanol–water partition coefficient (Wildman–Crippen LogP) is 3.42. The molecule has 0 unspecified atom stereocenters. The third-order valence-electron chi connectivity index (χ3n) is 3.83. The molecule has 4 rings (SSSR count). The molecule has 114 valence electrons. The van der Waals surface area contributed by atoms with Gasteiger partial charge < -0.3 is 4.52 Å². The Bertz CT molecular complexity index is 848. The number of pyridine rings is 1. The molecule has 1 aromatic carbocycles. The summed E-state index contributed by atoms with van der Waals surface area (Å²) in [4.78, 5) is 20.9. The lowest BCUT2D eigenvalue weighted by atomic mass is 9.90. The highest BCUT2D eigenvalue weighted by Gasteiger charge is 2.29. The summed E-state index contributed by atoms with van der Waals surface area (Å²) >= 11 is 1.37. The molecule has 1 atom stereocenters. The molecule has 5 nitrogen and oxygen atoms in total.